The van der Waals surface area contributed by atoms with Gasteiger partial charge >= 0.3 is 0 Å². The number of carbonyl (C=O) groups is 1. The predicted molar refractivity (Wildman–Crippen MR) is 120 cm³/mol. The van der Waals surface area contributed by atoms with Gasteiger partial charge in [-0.15, -0.1) is 0 Å². The number of rotatable bonds is 9. The van der Waals surface area contributed by atoms with Crippen LogP contribution in [-0.2, 0) is 6.42 Å². The van der Waals surface area contributed by atoms with Crippen molar-refractivity contribution < 1.29 is 14.3 Å². The summed E-state index contributed by atoms with van der Waals surface area (Å²) in [5.74, 6) is 0.958. The van der Waals surface area contributed by atoms with Gasteiger partial charge in [-0.25, -0.2) is 10.4 Å². The zero-order chi connectivity index (χ0) is 21.3. The van der Waals surface area contributed by atoms with Crippen molar-refractivity contribution in [1.82, 2.24) is 10.4 Å². The summed E-state index contributed by atoms with van der Waals surface area (Å²) < 4.78 is 11.6. The summed E-state index contributed by atoms with van der Waals surface area (Å²) in [6.45, 7) is 4.72. The Kier molecular flexibility index (Phi) is 7.40. The van der Waals surface area contributed by atoms with E-state index in [1.165, 1.54) is 5.56 Å². The number of anilines is 1. The maximum Gasteiger partial charge on any atom is 0.283 e. The Balaban J connectivity index is 1.64. The molecule has 0 spiro atoms. The molecule has 0 aliphatic heterocycles. The number of aryl methyl sites for hydroxylation is 1. The molecule has 1 amide bonds. The van der Waals surface area contributed by atoms with Gasteiger partial charge in [0.25, 0.3) is 5.91 Å². The van der Waals surface area contributed by atoms with Crippen LogP contribution in [0.1, 0.15) is 33.4 Å². The Labute approximate surface area is 179 Å². The van der Waals surface area contributed by atoms with Crippen LogP contribution in [-0.4, -0.2) is 30.3 Å². The summed E-state index contributed by atoms with van der Waals surface area (Å²) in [7, 11) is 0. The van der Waals surface area contributed by atoms with Crippen molar-refractivity contribution in [2.75, 3.05) is 18.9 Å². The molecule has 30 heavy (non-hydrogen) atoms. The highest BCUT2D eigenvalue weighted by Crippen LogP contribution is 2.28. The molecular weight excluding hydrogens is 400 g/mol. The topological polar surface area (TPSA) is 98.8 Å². The molecular formula is C22H24N4O3S. The van der Waals surface area contributed by atoms with Gasteiger partial charge < -0.3 is 15.2 Å². The van der Waals surface area contributed by atoms with E-state index >= 15 is 0 Å². The van der Waals surface area contributed by atoms with Gasteiger partial charge in [-0.3, -0.25) is 4.79 Å². The molecule has 3 N–H and O–H groups in total. The fraction of sp³-hybridized carbons (Fsp3) is 0.227. The number of hydrogen-bond acceptors (Lipinski definition) is 7. The lowest BCUT2D eigenvalue weighted by Crippen LogP contribution is -2.17. The lowest BCUT2D eigenvalue weighted by Gasteiger charge is -2.12. The van der Waals surface area contributed by atoms with Crippen molar-refractivity contribution in [1.29, 1.82) is 0 Å². The summed E-state index contributed by atoms with van der Waals surface area (Å²) >= 11 is 1.13. The number of nitrogens with two attached hydrogens (primary N) is 1. The first-order valence-electron chi connectivity index (χ1n) is 9.56. The molecule has 1 heterocycles. The number of nitrogen functional groups attached to an aromatic ring is 1. The molecule has 0 saturated heterocycles. The third kappa shape index (κ3) is 5.81. The maximum atomic E-state index is 12.2. The Bertz CT molecular complexity index is 1020. The summed E-state index contributed by atoms with van der Waals surface area (Å²) in [6.07, 6.45) is 2.34. The van der Waals surface area contributed by atoms with Gasteiger partial charge in [0.1, 0.15) is 4.88 Å². The van der Waals surface area contributed by atoms with Crippen LogP contribution in [0.4, 0.5) is 5.13 Å². The van der Waals surface area contributed by atoms with Crippen LogP contribution in [0.5, 0.6) is 11.5 Å². The van der Waals surface area contributed by atoms with Gasteiger partial charge in [-0.05, 0) is 43.2 Å². The van der Waals surface area contributed by atoms with Gasteiger partial charge in [0.05, 0.1) is 25.1 Å². The molecule has 7 nitrogen and oxygen atoms in total. The molecule has 0 aliphatic carbocycles. The highest BCUT2D eigenvalue weighted by Gasteiger charge is 2.13. The molecule has 0 saturated carbocycles. The molecule has 3 rings (SSSR count). The lowest BCUT2D eigenvalue weighted by molar-refractivity contribution is 0.0958. The predicted octanol–water partition coefficient (Wildman–Crippen LogP) is 3.82. The highest BCUT2D eigenvalue weighted by atomic mass is 32.1. The van der Waals surface area contributed by atoms with E-state index in [1.807, 2.05) is 43.3 Å². The van der Waals surface area contributed by atoms with Crippen LogP contribution < -0.4 is 20.6 Å². The number of amides is 1. The summed E-state index contributed by atoms with van der Waals surface area (Å²) in [4.78, 5) is 16.7. The van der Waals surface area contributed by atoms with Crippen molar-refractivity contribution in [3.8, 4) is 11.5 Å². The first-order valence-corrected chi connectivity index (χ1v) is 10.4. The normalized spacial score (nSPS) is 10.9. The summed E-state index contributed by atoms with van der Waals surface area (Å²) in [5.41, 5.74) is 10.7. The monoisotopic (exact) mass is 424 g/mol. The zero-order valence-electron chi connectivity index (χ0n) is 16.9. The van der Waals surface area contributed by atoms with E-state index in [0.717, 1.165) is 23.3 Å². The van der Waals surface area contributed by atoms with Gasteiger partial charge in [-0.2, -0.15) is 5.10 Å². The summed E-state index contributed by atoms with van der Waals surface area (Å²) in [5, 5.41) is 4.38. The fourth-order valence-corrected chi connectivity index (χ4v) is 3.48. The minimum atomic E-state index is -0.344. The Morgan fingerprint density at radius 3 is 2.70 bits per heavy atom. The molecule has 0 fully saturated rings. The average molecular weight is 425 g/mol. The minimum absolute atomic E-state index is 0.344. The number of ether oxygens (including phenoxy) is 2. The number of hydrogen-bond donors (Lipinski definition) is 2. The van der Waals surface area contributed by atoms with Crippen molar-refractivity contribution in [3.05, 3.63) is 70.2 Å². The third-order valence-corrected chi connectivity index (χ3v) is 5.14. The van der Waals surface area contributed by atoms with E-state index < -0.39 is 0 Å². The molecule has 0 aliphatic rings. The first-order chi connectivity index (χ1) is 14.6. The number of aromatic nitrogens is 1. The van der Waals surface area contributed by atoms with E-state index in [9.17, 15) is 4.79 Å². The standard InChI is InChI=1S/C22H24N4O3S/c1-3-28-18-10-9-17(13-19(18)29-12-11-16-7-5-4-6-8-16)14-24-26-21(27)20-15(2)25-22(23)30-20/h4-10,13-14H,3,11-12H2,1-2H3,(H2,23,25)(H,26,27). The summed E-state index contributed by atoms with van der Waals surface area (Å²) in [6, 6.07) is 15.7. The van der Waals surface area contributed by atoms with E-state index in [0.29, 0.717) is 40.4 Å². The van der Waals surface area contributed by atoms with E-state index in [2.05, 4.69) is 27.6 Å². The number of benzene rings is 2. The molecule has 156 valence electrons. The largest absolute Gasteiger partial charge is 0.490 e. The maximum absolute atomic E-state index is 12.2. The van der Waals surface area contributed by atoms with Crippen molar-refractivity contribution >= 4 is 28.6 Å². The van der Waals surface area contributed by atoms with Gasteiger partial charge in [0.15, 0.2) is 16.6 Å². The molecule has 3 aromatic rings. The van der Waals surface area contributed by atoms with E-state index in [4.69, 9.17) is 15.2 Å². The average Bonchev–Trinajstić information content (AvgIpc) is 3.08. The molecule has 8 heteroatoms. The van der Waals surface area contributed by atoms with Crippen LogP contribution in [0.3, 0.4) is 0 Å². The van der Waals surface area contributed by atoms with Crippen LogP contribution in [0.25, 0.3) is 0 Å². The quantitative estimate of drug-likeness (QED) is 0.402. The van der Waals surface area contributed by atoms with Crippen molar-refractivity contribution in [3.63, 3.8) is 0 Å². The van der Waals surface area contributed by atoms with E-state index in [-0.39, 0.29) is 5.91 Å². The smallest absolute Gasteiger partial charge is 0.283 e. The zero-order valence-corrected chi connectivity index (χ0v) is 17.7. The first kappa shape index (κ1) is 21.3. The van der Waals surface area contributed by atoms with Gasteiger partial charge in [-0.1, -0.05) is 41.7 Å². The number of hydrazone groups is 1. The van der Waals surface area contributed by atoms with Crippen LogP contribution in [0.15, 0.2) is 53.6 Å². The van der Waals surface area contributed by atoms with Crippen molar-refractivity contribution in [2.45, 2.75) is 20.3 Å². The van der Waals surface area contributed by atoms with E-state index in [1.54, 1.807) is 13.1 Å². The number of nitrogens with zero attached hydrogens (tertiary/aromatic N) is 2. The molecule has 0 radical (unpaired) electrons. The fourth-order valence-electron chi connectivity index (χ4n) is 2.76. The van der Waals surface area contributed by atoms with Gasteiger partial charge in [0.2, 0.25) is 0 Å². The number of carbonyl (C=O) groups excluding carboxylic acids is 1. The molecule has 0 bridgehead atoms. The molecule has 2 aromatic carbocycles. The Morgan fingerprint density at radius 1 is 1.20 bits per heavy atom. The minimum Gasteiger partial charge on any atom is -0.490 e. The second kappa shape index (κ2) is 10.4. The second-order valence-electron chi connectivity index (χ2n) is 6.39. The SMILES string of the molecule is CCOc1ccc(C=NNC(=O)c2sc(N)nc2C)cc1OCCc1ccccc1. The number of thiazole rings is 1. The Morgan fingerprint density at radius 2 is 2.00 bits per heavy atom. The van der Waals surface area contributed by atoms with Crippen molar-refractivity contribution in [2.24, 2.45) is 5.10 Å². The van der Waals surface area contributed by atoms with Crippen LogP contribution in [0, 0.1) is 6.92 Å². The third-order valence-electron chi connectivity index (χ3n) is 4.16. The van der Waals surface area contributed by atoms with Crippen LogP contribution in [0.2, 0.25) is 0 Å². The molecule has 0 unspecified atom stereocenters. The molecule has 0 atom stereocenters. The van der Waals surface area contributed by atoms with Gasteiger partial charge in [0, 0.05) is 6.42 Å². The Hall–Kier alpha value is -3.39. The number of nitrogens with one attached hydrogen (secondary N) is 1. The van der Waals surface area contributed by atoms with Crippen LogP contribution >= 0.6 is 11.3 Å². The lowest BCUT2D eigenvalue weighted by atomic mass is 10.2. The second-order valence-corrected chi connectivity index (χ2v) is 7.42. The highest BCUT2D eigenvalue weighted by molar-refractivity contribution is 7.17. The molecule has 1 aromatic heterocycles.